The van der Waals surface area contributed by atoms with E-state index in [4.69, 9.17) is 4.84 Å². The summed E-state index contributed by atoms with van der Waals surface area (Å²) >= 11 is 0. The molecule has 0 spiro atoms. The predicted octanol–water partition coefficient (Wildman–Crippen LogP) is 7.00. The van der Waals surface area contributed by atoms with Crippen LogP contribution in [0.25, 0.3) is 21.9 Å². The van der Waals surface area contributed by atoms with E-state index < -0.39 is 25.6 Å². The molecule has 1 saturated heterocycles. The molecule has 1 aliphatic carbocycles. The summed E-state index contributed by atoms with van der Waals surface area (Å²) < 4.78 is 60.1. The van der Waals surface area contributed by atoms with Gasteiger partial charge >= 0.3 is 39.0 Å². The minimum absolute atomic E-state index is 0.0726. The van der Waals surface area contributed by atoms with Gasteiger partial charge in [-0.2, -0.15) is 0 Å². The molecule has 2 heterocycles. The van der Waals surface area contributed by atoms with Gasteiger partial charge in [0, 0.05) is 25.5 Å². The number of anilines is 1. The van der Waals surface area contributed by atoms with Crippen molar-refractivity contribution < 1.29 is 48.9 Å². The number of rotatable bonds is 2. The number of amides is 2. The number of nitrogens with zero attached hydrogens (tertiary/aromatic N) is 3. The summed E-state index contributed by atoms with van der Waals surface area (Å²) in [5, 5.41) is 3.09. The van der Waals surface area contributed by atoms with Gasteiger partial charge in [0.1, 0.15) is 6.54 Å². The molecule has 3 aromatic carbocycles. The Morgan fingerprint density at radius 3 is 2.17 bits per heavy atom. The van der Waals surface area contributed by atoms with Crippen molar-refractivity contribution in [3.05, 3.63) is 64.7 Å². The molecule has 3 aliphatic rings. The summed E-state index contributed by atoms with van der Waals surface area (Å²) in [6.45, 7) is 1.87. The molecule has 0 radical (unpaired) electrons. The van der Waals surface area contributed by atoms with Gasteiger partial charge in [-0.3, -0.25) is 9.59 Å². The number of carbonyl (C=O) groups is 3. The maximum absolute atomic E-state index is 12.8. The standard InChI is InChI=1S/C27H26N3O4.F6P/c1-28-15-30(2,3)14-22-19-6-4-5-17-11-16-7-8-18(12-20(16)21(26(17)19)13-23(22)28)27(33)34-29-24(31)9-10-25(29)32;1-7(2,3,4,5)6/h4-8,12-13H,9-11,14-15H2,1-3H3;/q+1;-1. The Bertz CT molecular complexity index is 1630. The summed E-state index contributed by atoms with van der Waals surface area (Å²) in [6.07, 6.45) is 0.928. The fraction of sp³-hybridized carbons (Fsp3) is 0.296. The SMILES string of the molecule is CN1C[N+](C)(C)Cc2c1cc1c3c(cccc23)Cc2ccc(C(=O)ON3C(=O)CCC3=O)cc2-1.F[P-](F)(F)(F)(F)F. The number of imide groups is 1. The van der Waals surface area contributed by atoms with Crippen molar-refractivity contribution >= 4 is 42.1 Å². The molecule has 0 bridgehead atoms. The maximum atomic E-state index is 12.8. The zero-order valence-electron chi connectivity index (χ0n) is 22.3. The quantitative estimate of drug-likeness (QED) is 0.107. The van der Waals surface area contributed by atoms with Gasteiger partial charge in [-0.15, -0.1) is 5.06 Å². The molecule has 220 valence electrons. The van der Waals surface area contributed by atoms with Gasteiger partial charge in [-0.25, -0.2) is 4.79 Å². The van der Waals surface area contributed by atoms with E-state index in [0.29, 0.717) is 10.6 Å². The zero-order chi connectivity index (χ0) is 30.2. The van der Waals surface area contributed by atoms with Crippen LogP contribution >= 0.6 is 7.81 Å². The molecular formula is C27H26F6N3O4P. The molecule has 0 N–H and O–H groups in total. The Labute approximate surface area is 230 Å². The molecule has 0 unspecified atom stereocenters. The summed E-state index contributed by atoms with van der Waals surface area (Å²) in [6, 6.07) is 14.3. The monoisotopic (exact) mass is 601 g/mol. The predicted molar refractivity (Wildman–Crippen MR) is 141 cm³/mol. The fourth-order valence-electron chi connectivity index (χ4n) is 5.71. The van der Waals surface area contributed by atoms with E-state index in [0.717, 1.165) is 40.8 Å². The van der Waals surface area contributed by atoms with E-state index in [2.05, 4.69) is 50.3 Å². The van der Waals surface area contributed by atoms with Gasteiger partial charge in [-0.05, 0) is 57.6 Å². The number of halogens is 6. The van der Waals surface area contributed by atoms with Crippen molar-refractivity contribution in [2.75, 3.05) is 32.7 Å². The van der Waals surface area contributed by atoms with E-state index in [1.165, 1.54) is 27.6 Å². The van der Waals surface area contributed by atoms with Gasteiger partial charge in [0.25, 0.3) is 11.8 Å². The van der Waals surface area contributed by atoms with Crippen LogP contribution in [0.2, 0.25) is 0 Å². The van der Waals surface area contributed by atoms with Crippen LogP contribution in [0.1, 0.15) is 39.9 Å². The average molecular weight is 601 g/mol. The van der Waals surface area contributed by atoms with Crippen molar-refractivity contribution in [2.45, 2.75) is 25.8 Å². The molecule has 41 heavy (non-hydrogen) atoms. The molecule has 0 atom stereocenters. The Balaban J connectivity index is 0.000000431. The summed E-state index contributed by atoms with van der Waals surface area (Å²) in [5.74, 6) is -1.66. The Morgan fingerprint density at radius 1 is 0.902 bits per heavy atom. The van der Waals surface area contributed by atoms with Crippen LogP contribution < -0.4 is 4.90 Å². The third-order valence-electron chi connectivity index (χ3n) is 7.12. The van der Waals surface area contributed by atoms with Gasteiger partial charge < -0.3 is 14.2 Å². The Kier molecular flexibility index (Phi) is 6.08. The minimum atomic E-state index is -10.7. The van der Waals surface area contributed by atoms with Crippen LogP contribution in [-0.4, -0.2) is 55.1 Å². The van der Waals surface area contributed by atoms with E-state index in [1.807, 2.05) is 12.1 Å². The molecule has 0 aromatic heterocycles. The summed E-state index contributed by atoms with van der Waals surface area (Å²) in [5.41, 5.74) is 7.41. The topological polar surface area (TPSA) is 66.9 Å². The number of quaternary nitrogens is 1. The molecular weight excluding hydrogens is 575 g/mol. The van der Waals surface area contributed by atoms with E-state index in [-0.39, 0.29) is 12.8 Å². The van der Waals surface area contributed by atoms with Gasteiger partial charge in [-0.1, -0.05) is 24.3 Å². The first-order valence-electron chi connectivity index (χ1n) is 12.6. The second-order valence-corrected chi connectivity index (χ2v) is 13.1. The van der Waals surface area contributed by atoms with E-state index >= 15 is 0 Å². The molecule has 2 aliphatic heterocycles. The number of hydrogen-bond donors (Lipinski definition) is 0. The Hall–Kier alpha value is -3.70. The van der Waals surface area contributed by atoms with Gasteiger partial charge in [0.15, 0.2) is 6.67 Å². The second-order valence-electron chi connectivity index (χ2n) is 11.2. The van der Waals surface area contributed by atoms with Crippen molar-refractivity contribution in [3.8, 4) is 11.1 Å². The van der Waals surface area contributed by atoms with Crippen molar-refractivity contribution in [1.29, 1.82) is 0 Å². The fourth-order valence-corrected chi connectivity index (χ4v) is 5.71. The van der Waals surface area contributed by atoms with Crippen molar-refractivity contribution in [3.63, 3.8) is 0 Å². The number of hydrogen-bond acceptors (Lipinski definition) is 5. The first kappa shape index (κ1) is 28.8. The molecule has 3 aromatic rings. The van der Waals surface area contributed by atoms with E-state index in [9.17, 15) is 39.6 Å². The van der Waals surface area contributed by atoms with Gasteiger partial charge in [0.05, 0.1) is 25.3 Å². The van der Waals surface area contributed by atoms with Crippen LogP contribution in [0, 0.1) is 0 Å². The summed E-state index contributed by atoms with van der Waals surface area (Å²) in [7, 11) is -4.03. The molecule has 1 fully saturated rings. The van der Waals surface area contributed by atoms with Crippen LogP contribution in [0.5, 0.6) is 0 Å². The molecule has 2 amide bonds. The van der Waals surface area contributed by atoms with Crippen molar-refractivity contribution in [2.24, 2.45) is 0 Å². The Morgan fingerprint density at radius 2 is 1.54 bits per heavy atom. The first-order valence-corrected chi connectivity index (χ1v) is 14.6. The van der Waals surface area contributed by atoms with Crippen LogP contribution in [0.4, 0.5) is 30.9 Å². The molecule has 14 heteroatoms. The summed E-state index contributed by atoms with van der Waals surface area (Å²) in [4.78, 5) is 44.1. The third kappa shape index (κ3) is 6.31. The number of fused-ring (bicyclic) bond motifs is 4. The van der Waals surface area contributed by atoms with Crippen molar-refractivity contribution in [1.82, 2.24) is 5.06 Å². The second kappa shape index (κ2) is 8.65. The molecule has 7 nitrogen and oxygen atoms in total. The number of benzene rings is 3. The normalized spacial score (nSPS) is 19.0. The number of carbonyl (C=O) groups excluding carboxylic acids is 3. The van der Waals surface area contributed by atoms with Crippen LogP contribution in [0.15, 0.2) is 42.5 Å². The molecule has 6 rings (SSSR count). The van der Waals surface area contributed by atoms with Crippen LogP contribution in [0.3, 0.4) is 0 Å². The zero-order valence-corrected chi connectivity index (χ0v) is 23.2. The molecule has 0 saturated carbocycles. The third-order valence-corrected chi connectivity index (χ3v) is 7.12. The number of hydroxylamine groups is 2. The van der Waals surface area contributed by atoms with E-state index in [1.54, 1.807) is 6.07 Å². The van der Waals surface area contributed by atoms with Crippen LogP contribution in [-0.2, 0) is 27.4 Å². The average Bonchev–Trinajstić information content (AvgIpc) is 3.14. The first-order chi connectivity index (χ1) is 18.7. The van der Waals surface area contributed by atoms with Gasteiger partial charge in [0.2, 0.25) is 0 Å².